The first-order chi connectivity index (χ1) is 14.3. The molecule has 184 valence electrons. The third-order valence-corrected chi connectivity index (χ3v) is 5.65. The zero-order valence-electron chi connectivity index (χ0n) is 21.0. The van der Waals surface area contributed by atoms with Crippen LogP contribution in [0.5, 0.6) is 0 Å². The van der Waals surface area contributed by atoms with Gasteiger partial charge in [-0.2, -0.15) is 0 Å². The van der Waals surface area contributed by atoms with Gasteiger partial charge in [-0.1, -0.05) is 97.8 Å². The van der Waals surface area contributed by atoms with Crippen molar-refractivity contribution in [3.05, 3.63) is 0 Å². The third-order valence-electron chi connectivity index (χ3n) is 5.65. The van der Waals surface area contributed by atoms with Crippen LogP contribution in [-0.4, -0.2) is 38.9 Å². The molecule has 0 radical (unpaired) electrons. The standard InChI is InChI=1S/C24H51N.CH4O3S/c1-4-7-10-13-16-19-22-25(23-20-17-14-11-8-5-2)24-21-18-15-12-9-6-3;1-5(2,3)4/h4-24H2,1-3H3;1H3,(H,2,3,4). The maximum Gasteiger partial charge on any atom is 0.0916 e. The minimum atomic E-state index is -3.92. The molecule has 0 heterocycles. The summed E-state index contributed by atoms with van der Waals surface area (Å²) in [5.74, 6) is 0. The molecule has 0 aliphatic carbocycles. The van der Waals surface area contributed by atoms with Gasteiger partial charge in [0.15, 0.2) is 0 Å². The van der Waals surface area contributed by atoms with Crippen LogP contribution in [0.25, 0.3) is 0 Å². The minimum Gasteiger partial charge on any atom is -0.748 e. The molecule has 0 aromatic rings. The van der Waals surface area contributed by atoms with Crippen LogP contribution in [0.4, 0.5) is 0 Å². The topological polar surface area (TPSA) is 61.6 Å². The van der Waals surface area contributed by atoms with Crippen molar-refractivity contribution in [3.63, 3.8) is 0 Å². The van der Waals surface area contributed by atoms with Crippen LogP contribution >= 0.6 is 0 Å². The third kappa shape index (κ3) is 35.3. The van der Waals surface area contributed by atoms with Gasteiger partial charge in [0.2, 0.25) is 0 Å². The first-order valence-electron chi connectivity index (χ1n) is 13.1. The Labute approximate surface area is 190 Å². The Morgan fingerprint density at radius 3 is 0.933 bits per heavy atom. The monoisotopic (exact) mass is 449 g/mol. The lowest BCUT2D eigenvalue weighted by atomic mass is 10.1. The summed E-state index contributed by atoms with van der Waals surface area (Å²) in [6.07, 6.45) is 26.6. The van der Waals surface area contributed by atoms with Crippen molar-refractivity contribution in [1.82, 2.24) is 0 Å². The summed E-state index contributed by atoms with van der Waals surface area (Å²) in [4.78, 5) is 1.92. The van der Waals surface area contributed by atoms with Crippen molar-refractivity contribution in [2.24, 2.45) is 0 Å². The van der Waals surface area contributed by atoms with E-state index >= 15 is 0 Å². The van der Waals surface area contributed by atoms with Crippen molar-refractivity contribution in [3.8, 4) is 0 Å². The lowest BCUT2D eigenvalue weighted by Crippen LogP contribution is -3.12. The Hall–Kier alpha value is -0.130. The maximum absolute atomic E-state index is 9.08. The van der Waals surface area contributed by atoms with E-state index in [9.17, 15) is 0 Å². The Bertz CT molecular complexity index is 367. The van der Waals surface area contributed by atoms with Gasteiger partial charge in [-0.3, -0.25) is 0 Å². The van der Waals surface area contributed by atoms with E-state index in [-0.39, 0.29) is 0 Å². The van der Waals surface area contributed by atoms with Gasteiger partial charge >= 0.3 is 0 Å². The summed E-state index contributed by atoms with van der Waals surface area (Å²) in [7, 11) is -3.92. The van der Waals surface area contributed by atoms with Crippen LogP contribution < -0.4 is 4.90 Å². The molecule has 0 fully saturated rings. The smallest absolute Gasteiger partial charge is 0.0916 e. The highest BCUT2D eigenvalue weighted by Crippen LogP contribution is 2.06. The fourth-order valence-electron chi connectivity index (χ4n) is 3.84. The van der Waals surface area contributed by atoms with Crippen molar-refractivity contribution >= 4 is 10.1 Å². The second-order valence-corrected chi connectivity index (χ2v) is 10.4. The minimum absolute atomic E-state index is 0.604. The number of rotatable bonds is 21. The average Bonchev–Trinajstić information content (AvgIpc) is 2.68. The predicted octanol–water partition coefficient (Wildman–Crippen LogP) is 6.11. The van der Waals surface area contributed by atoms with E-state index in [2.05, 4.69) is 20.8 Å². The van der Waals surface area contributed by atoms with Crippen LogP contribution in [0.3, 0.4) is 0 Å². The molecule has 0 aliphatic rings. The van der Waals surface area contributed by atoms with Crippen LogP contribution in [0.2, 0.25) is 0 Å². The van der Waals surface area contributed by atoms with Crippen LogP contribution in [0, 0.1) is 0 Å². The quantitative estimate of drug-likeness (QED) is 0.170. The highest BCUT2D eigenvalue weighted by atomic mass is 32.2. The molecule has 30 heavy (non-hydrogen) atoms. The van der Waals surface area contributed by atoms with Gasteiger partial charge in [-0.25, -0.2) is 8.42 Å². The molecule has 0 aromatic heterocycles. The van der Waals surface area contributed by atoms with E-state index in [1.165, 1.54) is 135 Å². The summed E-state index contributed by atoms with van der Waals surface area (Å²) in [6, 6.07) is 0. The molecule has 0 rings (SSSR count). The molecule has 0 aliphatic heterocycles. The predicted molar refractivity (Wildman–Crippen MR) is 131 cm³/mol. The van der Waals surface area contributed by atoms with E-state index in [0.29, 0.717) is 6.26 Å². The Balaban J connectivity index is 0. The second kappa shape index (κ2) is 25.1. The first-order valence-corrected chi connectivity index (χ1v) is 14.9. The zero-order chi connectivity index (χ0) is 22.9. The highest BCUT2D eigenvalue weighted by molar-refractivity contribution is 7.84. The largest absolute Gasteiger partial charge is 0.748 e. The van der Waals surface area contributed by atoms with E-state index < -0.39 is 10.1 Å². The lowest BCUT2D eigenvalue weighted by Gasteiger charge is -2.20. The van der Waals surface area contributed by atoms with Crippen molar-refractivity contribution in [2.45, 2.75) is 136 Å². The van der Waals surface area contributed by atoms with E-state index in [0.717, 1.165) is 0 Å². The summed E-state index contributed by atoms with van der Waals surface area (Å²) in [5, 5.41) is 0. The van der Waals surface area contributed by atoms with Gasteiger partial charge in [-0.15, -0.1) is 0 Å². The molecule has 0 saturated carbocycles. The summed E-state index contributed by atoms with van der Waals surface area (Å²) >= 11 is 0. The lowest BCUT2D eigenvalue weighted by molar-refractivity contribution is -0.900. The fourth-order valence-corrected chi connectivity index (χ4v) is 3.84. The van der Waals surface area contributed by atoms with Crippen LogP contribution in [0.15, 0.2) is 0 Å². The molecule has 5 heteroatoms. The first kappa shape index (κ1) is 32.1. The van der Waals surface area contributed by atoms with Crippen LogP contribution in [0.1, 0.15) is 136 Å². The normalized spacial score (nSPS) is 11.5. The molecule has 0 saturated heterocycles. The van der Waals surface area contributed by atoms with Gasteiger partial charge in [-0.05, 0) is 38.5 Å². The van der Waals surface area contributed by atoms with Gasteiger partial charge in [0, 0.05) is 6.26 Å². The van der Waals surface area contributed by atoms with E-state index in [1.807, 2.05) is 4.90 Å². The maximum atomic E-state index is 9.08. The molecule has 0 bridgehead atoms. The van der Waals surface area contributed by atoms with Crippen molar-refractivity contribution in [2.75, 3.05) is 25.9 Å². The fraction of sp³-hybridized carbons (Fsp3) is 1.00. The van der Waals surface area contributed by atoms with Crippen LogP contribution in [-0.2, 0) is 10.1 Å². The van der Waals surface area contributed by atoms with Gasteiger partial charge in [0.25, 0.3) is 0 Å². The number of quaternary nitrogens is 1. The second-order valence-electron chi connectivity index (χ2n) is 9.01. The Morgan fingerprint density at radius 1 is 0.500 bits per heavy atom. The molecule has 0 unspecified atom stereocenters. The van der Waals surface area contributed by atoms with E-state index in [1.54, 1.807) is 0 Å². The summed E-state index contributed by atoms with van der Waals surface area (Å²) in [5.41, 5.74) is 0. The molecule has 0 atom stereocenters. The summed E-state index contributed by atoms with van der Waals surface area (Å²) in [6.45, 7) is 11.3. The van der Waals surface area contributed by atoms with E-state index in [4.69, 9.17) is 13.0 Å². The molecule has 0 aromatic carbocycles. The number of hydrogen-bond donors (Lipinski definition) is 1. The number of hydrogen-bond acceptors (Lipinski definition) is 3. The Morgan fingerprint density at radius 2 is 0.700 bits per heavy atom. The molecular weight excluding hydrogens is 394 g/mol. The highest BCUT2D eigenvalue weighted by Gasteiger charge is 2.08. The van der Waals surface area contributed by atoms with Crippen molar-refractivity contribution in [1.29, 1.82) is 0 Å². The molecule has 0 spiro atoms. The zero-order valence-corrected chi connectivity index (χ0v) is 21.8. The molecule has 1 N–H and O–H groups in total. The Kier molecular flexibility index (Phi) is 26.9. The van der Waals surface area contributed by atoms with Crippen molar-refractivity contribution < 1.29 is 17.9 Å². The molecule has 0 amide bonds. The summed E-state index contributed by atoms with van der Waals surface area (Å²) < 4.78 is 27.2. The molecule has 4 nitrogen and oxygen atoms in total. The number of unbranched alkanes of at least 4 members (excludes halogenated alkanes) is 15. The van der Waals surface area contributed by atoms with Gasteiger partial charge in [0.05, 0.1) is 29.8 Å². The van der Waals surface area contributed by atoms with Gasteiger partial charge in [0.1, 0.15) is 0 Å². The average molecular weight is 450 g/mol. The van der Waals surface area contributed by atoms with Gasteiger partial charge < -0.3 is 9.45 Å². The number of nitrogens with one attached hydrogen (secondary N) is 1. The molecular formula is C25H55NO3S. The SMILES string of the molecule is CCCCCCCC[NH+](CCCCCCCC)CCCCCCCC.CS(=O)(=O)[O-].